The van der Waals surface area contributed by atoms with Gasteiger partial charge in [0.1, 0.15) is 17.7 Å². The van der Waals surface area contributed by atoms with Gasteiger partial charge in [0.05, 0.1) is 0 Å². The first-order chi connectivity index (χ1) is 24.1. The number of rotatable bonds is 18. The molecular weight excluding hydrogens is 679 g/mol. The summed E-state index contributed by atoms with van der Waals surface area (Å²) in [6.45, 7) is 6.57. The summed E-state index contributed by atoms with van der Waals surface area (Å²) in [6, 6.07) is 4.15. The number of halogens is 5. The highest BCUT2D eigenvalue weighted by molar-refractivity contribution is 5.92. The van der Waals surface area contributed by atoms with E-state index < -0.39 is 82.8 Å². The van der Waals surface area contributed by atoms with Gasteiger partial charge in [-0.2, -0.15) is 8.78 Å². The van der Waals surface area contributed by atoms with Gasteiger partial charge in [-0.3, -0.25) is 9.59 Å². The van der Waals surface area contributed by atoms with Gasteiger partial charge in [-0.1, -0.05) is 63.6 Å². The number of alkyl carbamates (subject to hydrolysis) is 1. The molecule has 2 unspecified atom stereocenters. The van der Waals surface area contributed by atoms with Crippen molar-refractivity contribution in [3.05, 3.63) is 65.1 Å². The van der Waals surface area contributed by atoms with Gasteiger partial charge < -0.3 is 30.4 Å². The lowest BCUT2D eigenvalue weighted by Crippen LogP contribution is -2.53. The Kier molecular flexibility index (Phi) is 15.2. The molecule has 3 amide bonds. The maximum atomic E-state index is 14.4. The number of benzene rings is 2. The van der Waals surface area contributed by atoms with Crippen molar-refractivity contribution in [3.63, 3.8) is 0 Å². The minimum absolute atomic E-state index is 0.0474. The zero-order valence-corrected chi connectivity index (χ0v) is 29.2. The molecule has 1 heterocycles. The number of aromatic nitrogens is 1. The van der Waals surface area contributed by atoms with Gasteiger partial charge in [-0.25, -0.2) is 22.8 Å². The van der Waals surface area contributed by atoms with Crippen LogP contribution in [0.25, 0.3) is 10.9 Å². The minimum atomic E-state index is -2.46. The molecule has 10 nitrogen and oxygen atoms in total. The van der Waals surface area contributed by atoms with E-state index in [2.05, 4.69) is 32.6 Å². The lowest BCUT2D eigenvalue weighted by molar-refractivity contribution is -0.140. The van der Waals surface area contributed by atoms with Crippen LogP contribution < -0.4 is 20.7 Å². The number of hydrogen-bond donors (Lipinski definition) is 4. The molecule has 51 heavy (non-hydrogen) atoms. The highest BCUT2D eigenvalue weighted by atomic mass is 19.2. The molecule has 3 rings (SSSR count). The Morgan fingerprint density at radius 3 is 2.06 bits per heavy atom. The molecule has 0 radical (unpaired) electrons. The Labute approximate surface area is 293 Å². The first-order valence-electron chi connectivity index (χ1n) is 17.0. The number of unbranched alkanes of at least 4 members (excludes halogenated alkanes) is 6. The van der Waals surface area contributed by atoms with E-state index >= 15 is 0 Å². The number of carbonyl (C=O) groups is 4. The van der Waals surface area contributed by atoms with Crippen molar-refractivity contribution in [2.75, 3.05) is 6.54 Å². The Morgan fingerprint density at radius 2 is 1.41 bits per heavy atom. The van der Waals surface area contributed by atoms with E-state index in [4.69, 9.17) is 4.74 Å². The summed E-state index contributed by atoms with van der Waals surface area (Å²) < 4.78 is 79.9. The second-order valence-electron chi connectivity index (χ2n) is 13.2. The predicted octanol–water partition coefficient (Wildman–Crippen LogP) is 7.04. The molecule has 15 heteroatoms. The summed E-state index contributed by atoms with van der Waals surface area (Å²) >= 11 is 0. The largest absolute Gasteiger partial charge is 0.444 e. The number of fused-ring (bicyclic) bond motifs is 1. The van der Waals surface area contributed by atoms with Crippen LogP contribution in [-0.4, -0.2) is 53.1 Å². The molecule has 4 N–H and O–H groups in total. The van der Waals surface area contributed by atoms with Crippen LogP contribution in [0.1, 0.15) is 91.0 Å². The fourth-order valence-corrected chi connectivity index (χ4v) is 5.24. The number of aromatic amines is 1. The molecular formula is C36H45F5N4O6. The maximum Gasteiger partial charge on any atom is 0.407 e. The Bertz CT molecular complexity index is 1650. The first kappa shape index (κ1) is 40.7. The Balaban J connectivity index is 1.84. The molecule has 0 aliphatic rings. The molecule has 3 aromatic rings. The zero-order chi connectivity index (χ0) is 37.7. The fourth-order valence-electron chi connectivity index (χ4n) is 5.24. The second kappa shape index (κ2) is 19.1. The van der Waals surface area contributed by atoms with Crippen LogP contribution in [0.3, 0.4) is 0 Å². The van der Waals surface area contributed by atoms with Crippen molar-refractivity contribution in [1.82, 2.24) is 20.9 Å². The van der Waals surface area contributed by atoms with Gasteiger partial charge in [0.2, 0.25) is 46.6 Å². The molecule has 2 atom stereocenters. The second-order valence-corrected chi connectivity index (χ2v) is 13.2. The van der Waals surface area contributed by atoms with Crippen LogP contribution in [0, 0.1) is 29.1 Å². The summed E-state index contributed by atoms with van der Waals surface area (Å²) in [5.41, 5.74) is 0.526. The van der Waals surface area contributed by atoms with Crippen molar-refractivity contribution < 1.29 is 50.6 Å². The standard InChI is InChI=1S/C36H45F5N4O6/c1-5-6-7-8-9-10-11-16-26(46)44-25(19-21-20-43-23-15-13-12-14-22(21)23)33(47)45-24(17-18-42-35(49)51-36(2,3)4)34(48)50-32-30(40)28(38)27(37)29(39)31(32)41/h12-15,20,24-25,43H,5-11,16-19H2,1-4H3,(H,42,49)(H,44,46)(H,45,47). The molecule has 0 fully saturated rings. The minimum Gasteiger partial charge on any atom is -0.444 e. The van der Waals surface area contributed by atoms with Gasteiger partial charge in [-0.05, 0) is 45.2 Å². The highest BCUT2D eigenvalue weighted by Crippen LogP contribution is 2.29. The third kappa shape index (κ3) is 12.2. The molecule has 0 saturated heterocycles. The van der Waals surface area contributed by atoms with E-state index in [0.717, 1.165) is 49.4 Å². The van der Waals surface area contributed by atoms with E-state index in [1.807, 2.05) is 18.2 Å². The van der Waals surface area contributed by atoms with Crippen molar-refractivity contribution in [2.45, 2.75) is 110 Å². The molecule has 0 aliphatic heterocycles. The van der Waals surface area contributed by atoms with E-state index in [0.29, 0.717) is 12.0 Å². The number of carbonyl (C=O) groups excluding carboxylic acids is 4. The average Bonchev–Trinajstić information content (AvgIpc) is 3.48. The number of ether oxygens (including phenoxy) is 2. The normalized spacial score (nSPS) is 12.6. The fraction of sp³-hybridized carbons (Fsp3) is 0.500. The maximum absolute atomic E-state index is 14.4. The number of amides is 3. The molecule has 0 saturated carbocycles. The van der Waals surface area contributed by atoms with Gasteiger partial charge in [0.25, 0.3) is 0 Å². The van der Waals surface area contributed by atoms with Gasteiger partial charge in [0, 0.05) is 36.5 Å². The van der Waals surface area contributed by atoms with Crippen LogP contribution >= 0.6 is 0 Å². The third-order valence-electron chi connectivity index (χ3n) is 7.83. The van der Waals surface area contributed by atoms with Gasteiger partial charge in [0.15, 0.2) is 0 Å². The molecule has 0 bridgehead atoms. The molecule has 1 aromatic heterocycles. The van der Waals surface area contributed by atoms with E-state index in [9.17, 15) is 41.1 Å². The van der Waals surface area contributed by atoms with E-state index in [1.54, 1.807) is 33.0 Å². The molecule has 280 valence electrons. The summed E-state index contributed by atoms with van der Waals surface area (Å²) in [5.74, 6) is -16.7. The van der Waals surface area contributed by atoms with Crippen molar-refractivity contribution >= 4 is 34.8 Å². The number of nitrogens with one attached hydrogen (secondary N) is 4. The van der Waals surface area contributed by atoms with Crippen LogP contribution in [0.2, 0.25) is 0 Å². The Morgan fingerprint density at radius 1 is 0.804 bits per heavy atom. The highest BCUT2D eigenvalue weighted by Gasteiger charge is 2.33. The van der Waals surface area contributed by atoms with Crippen LogP contribution in [0.15, 0.2) is 30.5 Å². The smallest absolute Gasteiger partial charge is 0.407 e. The lowest BCUT2D eigenvalue weighted by Gasteiger charge is -2.24. The van der Waals surface area contributed by atoms with E-state index in [-0.39, 0.29) is 19.4 Å². The SMILES string of the molecule is CCCCCCCCCC(=O)NC(Cc1c[nH]c2ccccc12)C(=O)NC(CCNC(=O)OC(C)(C)C)C(=O)Oc1c(F)c(F)c(F)c(F)c1F. The summed E-state index contributed by atoms with van der Waals surface area (Å²) in [7, 11) is 0. The molecule has 0 aliphatic carbocycles. The number of hydrogen-bond acceptors (Lipinski definition) is 6. The monoisotopic (exact) mass is 724 g/mol. The number of esters is 1. The Hall–Kier alpha value is -4.69. The topological polar surface area (TPSA) is 139 Å². The lowest BCUT2D eigenvalue weighted by atomic mass is 10.0. The van der Waals surface area contributed by atoms with Crippen molar-refractivity contribution in [1.29, 1.82) is 0 Å². The molecule has 2 aromatic carbocycles. The first-order valence-corrected chi connectivity index (χ1v) is 17.0. The molecule has 0 spiro atoms. The average molecular weight is 725 g/mol. The van der Waals surface area contributed by atoms with Gasteiger partial charge >= 0.3 is 12.1 Å². The van der Waals surface area contributed by atoms with Crippen molar-refractivity contribution in [2.24, 2.45) is 0 Å². The van der Waals surface area contributed by atoms with Crippen molar-refractivity contribution in [3.8, 4) is 5.75 Å². The van der Waals surface area contributed by atoms with E-state index in [1.165, 1.54) is 0 Å². The van der Waals surface area contributed by atoms with Crippen LogP contribution in [0.5, 0.6) is 5.75 Å². The number of para-hydroxylation sites is 1. The zero-order valence-electron chi connectivity index (χ0n) is 29.2. The predicted molar refractivity (Wildman–Crippen MR) is 179 cm³/mol. The number of H-pyrrole nitrogens is 1. The van der Waals surface area contributed by atoms with Crippen LogP contribution in [-0.2, 0) is 25.5 Å². The quantitative estimate of drug-likeness (QED) is 0.0278. The van der Waals surface area contributed by atoms with Gasteiger partial charge in [-0.15, -0.1) is 0 Å². The summed E-state index contributed by atoms with van der Waals surface area (Å²) in [5, 5.41) is 8.19. The summed E-state index contributed by atoms with van der Waals surface area (Å²) in [6.07, 6.45) is 7.12. The third-order valence-corrected chi connectivity index (χ3v) is 7.83. The summed E-state index contributed by atoms with van der Waals surface area (Å²) in [4.78, 5) is 55.3. The van der Waals surface area contributed by atoms with Crippen LogP contribution in [0.4, 0.5) is 26.7 Å².